The minimum absolute atomic E-state index is 0.107. The van der Waals surface area contributed by atoms with Gasteiger partial charge in [-0.1, -0.05) is 18.2 Å². The molecule has 0 saturated carbocycles. The predicted octanol–water partition coefficient (Wildman–Crippen LogP) is 0.405. The Hall–Kier alpha value is -1.88. The summed E-state index contributed by atoms with van der Waals surface area (Å²) in [7, 11) is 0. The van der Waals surface area contributed by atoms with Crippen LogP contribution in [-0.2, 0) is 9.59 Å². The van der Waals surface area contributed by atoms with Gasteiger partial charge in [-0.2, -0.15) is 0 Å². The van der Waals surface area contributed by atoms with Gasteiger partial charge in [-0.15, -0.1) is 0 Å². The maximum absolute atomic E-state index is 11.7. The van der Waals surface area contributed by atoms with Gasteiger partial charge in [-0.3, -0.25) is 14.9 Å². The van der Waals surface area contributed by atoms with Crippen molar-refractivity contribution >= 4 is 17.5 Å². The molecule has 1 aromatic carbocycles. The van der Waals surface area contributed by atoms with Gasteiger partial charge >= 0.3 is 0 Å². The smallest absolute Gasteiger partial charge is 0.246 e. The minimum Gasteiger partial charge on any atom is -0.355 e. The first kappa shape index (κ1) is 11.6. The molecule has 2 rings (SSSR count). The van der Waals surface area contributed by atoms with Crippen molar-refractivity contribution in [3.63, 3.8) is 0 Å². The van der Waals surface area contributed by atoms with Gasteiger partial charge in [0.15, 0.2) is 0 Å². The zero-order chi connectivity index (χ0) is 12.3. The van der Waals surface area contributed by atoms with Gasteiger partial charge in [0.05, 0.1) is 6.54 Å². The highest BCUT2D eigenvalue weighted by atomic mass is 16.2. The van der Waals surface area contributed by atoms with E-state index in [1.54, 1.807) is 0 Å². The van der Waals surface area contributed by atoms with Gasteiger partial charge in [0.25, 0.3) is 0 Å². The van der Waals surface area contributed by atoms with Crippen molar-refractivity contribution in [2.45, 2.75) is 13.0 Å². The molecule has 1 aliphatic rings. The van der Waals surface area contributed by atoms with Gasteiger partial charge in [0.2, 0.25) is 11.8 Å². The molecule has 17 heavy (non-hydrogen) atoms. The molecule has 0 fully saturated rings. The van der Waals surface area contributed by atoms with Gasteiger partial charge in [0.1, 0.15) is 6.04 Å². The summed E-state index contributed by atoms with van der Waals surface area (Å²) in [5.74, 6) is -0.222. The molecule has 1 atom stereocenters. The third-order valence-corrected chi connectivity index (χ3v) is 2.63. The van der Waals surface area contributed by atoms with Crippen LogP contribution in [0, 0.1) is 0 Å². The second-order valence-electron chi connectivity index (χ2n) is 3.84. The molecule has 1 heterocycles. The fourth-order valence-corrected chi connectivity index (χ4v) is 1.87. The molecular weight excluding hydrogens is 218 g/mol. The summed E-state index contributed by atoms with van der Waals surface area (Å²) in [4.78, 5) is 23.0. The van der Waals surface area contributed by atoms with Crippen molar-refractivity contribution in [1.82, 2.24) is 10.6 Å². The second-order valence-corrected chi connectivity index (χ2v) is 3.84. The molecular formula is C12H15N3O2. The van der Waals surface area contributed by atoms with E-state index in [2.05, 4.69) is 16.0 Å². The molecule has 0 aromatic heterocycles. The molecule has 0 aliphatic carbocycles. The maximum atomic E-state index is 11.7. The summed E-state index contributed by atoms with van der Waals surface area (Å²) in [5, 5.41) is 8.39. The average molecular weight is 233 g/mol. The Kier molecular flexibility index (Phi) is 3.39. The first-order valence-corrected chi connectivity index (χ1v) is 5.62. The van der Waals surface area contributed by atoms with E-state index in [-0.39, 0.29) is 18.4 Å². The quantitative estimate of drug-likeness (QED) is 0.705. The van der Waals surface area contributed by atoms with Crippen LogP contribution in [0.4, 0.5) is 5.69 Å². The van der Waals surface area contributed by atoms with Crippen LogP contribution in [-0.4, -0.2) is 24.9 Å². The number of hydrogen-bond acceptors (Lipinski definition) is 3. The molecule has 5 heteroatoms. The summed E-state index contributed by atoms with van der Waals surface area (Å²) >= 11 is 0. The number of hydrogen-bond donors (Lipinski definition) is 3. The highest BCUT2D eigenvalue weighted by molar-refractivity contribution is 6.02. The topological polar surface area (TPSA) is 70.2 Å². The van der Waals surface area contributed by atoms with Crippen LogP contribution < -0.4 is 16.0 Å². The number of amides is 2. The molecule has 5 nitrogen and oxygen atoms in total. The fraction of sp³-hybridized carbons (Fsp3) is 0.333. The van der Waals surface area contributed by atoms with Crippen molar-refractivity contribution in [2.24, 2.45) is 0 Å². The van der Waals surface area contributed by atoms with E-state index in [1.165, 1.54) is 0 Å². The number of likely N-dealkylation sites (N-methyl/N-ethyl adjacent to an activating group) is 1. The van der Waals surface area contributed by atoms with Gasteiger partial charge in [0, 0.05) is 17.8 Å². The lowest BCUT2D eigenvalue weighted by molar-refractivity contribution is -0.121. The minimum atomic E-state index is -0.436. The van der Waals surface area contributed by atoms with Crippen molar-refractivity contribution in [1.29, 1.82) is 0 Å². The number of rotatable bonds is 4. The summed E-state index contributed by atoms with van der Waals surface area (Å²) in [6.07, 6.45) is 0. The molecule has 1 aliphatic heterocycles. The van der Waals surface area contributed by atoms with Crippen LogP contribution in [0.3, 0.4) is 0 Å². The SMILES string of the molecule is CCNC(=O)CNC1C(=O)Nc2ccccc21. The summed E-state index contributed by atoms with van der Waals surface area (Å²) in [5.41, 5.74) is 1.70. The lowest BCUT2D eigenvalue weighted by atomic mass is 10.1. The lowest BCUT2D eigenvalue weighted by Gasteiger charge is -2.10. The highest BCUT2D eigenvalue weighted by Crippen LogP contribution is 2.29. The van der Waals surface area contributed by atoms with Crippen LogP contribution in [0.15, 0.2) is 24.3 Å². The molecule has 0 radical (unpaired) electrons. The monoisotopic (exact) mass is 233 g/mol. The van der Waals surface area contributed by atoms with Crippen LogP contribution in [0.25, 0.3) is 0 Å². The zero-order valence-corrected chi connectivity index (χ0v) is 9.62. The zero-order valence-electron chi connectivity index (χ0n) is 9.62. The van der Waals surface area contributed by atoms with Gasteiger partial charge < -0.3 is 10.6 Å². The summed E-state index contributed by atoms with van der Waals surface area (Å²) in [6, 6.07) is 7.03. The Balaban J connectivity index is 2.02. The number of carbonyl (C=O) groups is 2. The fourth-order valence-electron chi connectivity index (χ4n) is 1.87. The maximum Gasteiger partial charge on any atom is 0.246 e. The lowest BCUT2D eigenvalue weighted by Crippen LogP contribution is -2.37. The van der Waals surface area contributed by atoms with E-state index in [9.17, 15) is 9.59 Å². The number of carbonyl (C=O) groups excluding carboxylic acids is 2. The van der Waals surface area contributed by atoms with E-state index >= 15 is 0 Å². The molecule has 0 saturated heterocycles. The van der Waals surface area contributed by atoms with E-state index in [0.29, 0.717) is 6.54 Å². The van der Waals surface area contributed by atoms with Gasteiger partial charge in [-0.25, -0.2) is 0 Å². The van der Waals surface area contributed by atoms with E-state index in [1.807, 2.05) is 31.2 Å². The Morgan fingerprint density at radius 1 is 1.41 bits per heavy atom. The van der Waals surface area contributed by atoms with Gasteiger partial charge in [-0.05, 0) is 13.0 Å². The molecule has 1 unspecified atom stereocenters. The van der Waals surface area contributed by atoms with E-state index in [0.717, 1.165) is 11.3 Å². The standard InChI is InChI=1S/C12H15N3O2/c1-2-13-10(16)7-14-11-8-5-3-4-6-9(8)15-12(11)17/h3-6,11,14H,2,7H2,1H3,(H,13,16)(H,15,17). The highest BCUT2D eigenvalue weighted by Gasteiger charge is 2.29. The molecule has 2 amide bonds. The number of benzene rings is 1. The average Bonchev–Trinajstić information content (AvgIpc) is 2.62. The Morgan fingerprint density at radius 2 is 2.18 bits per heavy atom. The van der Waals surface area contributed by atoms with Crippen LogP contribution >= 0.6 is 0 Å². The molecule has 1 aromatic rings. The van der Waals surface area contributed by atoms with Crippen LogP contribution in [0.1, 0.15) is 18.5 Å². The largest absolute Gasteiger partial charge is 0.355 e. The Bertz CT molecular complexity index is 445. The first-order chi connectivity index (χ1) is 8.22. The second kappa shape index (κ2) is 4.97. The number of anilines is 1. The van der Waals surface area contributed by atoms with Crippen LogP contribution in [0.5, 0.6) is 0 Å². The number of fused-ring (bicyclic) bond motifs is 1. The molecule has 0 spiro atoms. The summed E-state index contributed by atoms with van der Waals surface area (Å²) < 4.78 is 0. The number of para-hydroxylation sites is 1. The Labute approximate surface area is 99.6 Å². The van der Waals surface area contributed by atoms with Crippen molar-refractivity contribution in [3.8, 4) is 0 Å². The summed E-state index contributed by atoms with van der Waals surface area (Å²) in [6.45, 7) is 2.59. The van der Waals surface area contributed by atoms with Crippen LogP contribution in [0.2, 0.25) is 0 Å². The first-order valence-electron chi connectivity index (χ1n) is 5.62. The number of nitrogens with one attached hydrogen (secondary N) is 3. The van der Waals surface area contributed by atoms with Crippen molar-refractivity contribution < 1.29 is 9.59 Å². The van der Waals surface area contributed by atoms with E-state index in [4.69, 9.17) is 0 Å². The Morgan fingerprint density at radius 3 is 2.94 bits per heavy atom. The van der Waals surface area contributed by atoms with E-state index < -0.39 is 6.04 Å². The molecule has 3 N–H and O–H groups in total. The third kappa shape index (κ3) is 2.45. The predicted molar refractivity (Wildman–Crippen MR) is 64.5 cm³/mol. The van der Waals surface area contributed by atoms with Crippen molar-refractivity contribution in [2.75, 3.05) is 18.4 Å². The molecule has 0 bridgehead atoms. The normalized spacial score (nSPS) is 17.5. The molecule has 90 valence electrons. The van der Waals surface area contributed by atoms with Crippen molar-refractivity contribution in [3.05, 3.63) is 29.8 Å². The third-order valence-electron chi connectivity index (χ3n) is 2.63.